The zero-order valence-electron chi connectivity index (χ0n) is 17.1. The van der Waals surface area contributed by atoms with Gasteiger partial charge in [-0.3, -0.25) is 4.79 Å². The fourth-order valence-electron chi connectivity index (χ4n) is 5.74. The molecule has 0 aromatic heterocycles. The number of ketones is 1. The Bertz CT molecular complexity index is 909. The number of nitrogen functional groups attached to an aromatic ring is 1. The molecular weight excluding hydrogens is 358 g/mol. The van der Waals surface area contributed by atoms with Crippen LogP contribution >= 0.6 is 0 Å². The van der Waals surface area contributed by atoms with Crippen LogP contribution in [0, 0.1) is 0 Å². The largest absolute Gasteiger partial charge is 0.398 e. The first-order valence-corrected chi connectivity index (χ1v) is 11.2. The van der Waals surface area contributed by atoms with Gasteiger partial charge in [0, 0.05) is 55.0 Å². The van der Waals surface area contributed by atoms with Crippen LogP contribution in [-0.2, 0) is 6.42 Å². The summed E-state index contributed by atoms with van der Waals surface area (Å²) in [5.41, 5.74) is 11.9. The molecule has 2 N–H and O–H groups in total. The van der Waals surface area contributed by atoms with E-state index >= 15 is 0 Å². The summed E-state index contributed by atoms with van der Waals surface area (Å²) in [6, 6.07) is 15.1. The summed E-state index contributed by atoms with van der Waals surface area (Å²) in [5.74, 6) is 0.791. The number of likely N-dealkylation sites (tertiary alicyclic amines) is 1. The van der Waals surface area contributed by atoms with Gasteiger partial charge >= 0.3 is 0 Å². The van der Waals surface area contributed by atoms with E-state index in [0.717, 1.165) is 26.1 Å². The fourth-order valence-corrected chi connectivity index (χ4v) is 5.74. The molecule has 0 spiro atoms. The quantitative estimate of drug-likeness (QED) is 0.614. The standard InChI is InChI=1S/C25H31N3O/c26-22-11-2-1-9-20(22)24(29)12-6-14-27-16-13-23-21(17-27)19-10-5-8-18-7-3-4-15-28(23)25(18)19/h1-2,5,8-11,21,23H,3-4,6-7,12-17,26H2/t21-,23-/m1/s1. The lowest BCUT2D eigenvalue weighted by atomic mass is 9.88. The third kappa shape index (κ3) is 3.44. The Morgan fingerprint density at radius 3 is 2.86 bits per heavy atom. The van der Waals surface area contributed by atoms with Crippen molar-refractivity contribution in [2.45, 2.75) is 50.5 Å². The summed E-state index contributed by atoms with van der Waals surface area (Å²) >= 11 is 0. The summed E-state index contributed by atoms with van der Waals surface area (Å²) in [6.07, 6.45) is 6.57. The number of hydrogen-bond acceptors (Lipinski definition) is 4. The van der Waals surface area contributed by atoms with Crippen molar-refractivity contribution in [1.82, 2.24) is 4.90 Å². The molecule has 2 aromatic rings. The number of nitrogens with two attached hydrogens (primary N) is 1. The Hall–Kier alpha value is -2.33. The number of anilines is 2. The molecule has 4 heteroatoms. The van der Waals surface area contributed by atoms with E-state index in [9.17, 15) is 4.79 Å². The van der Waals surface area contributed by atoms with Crippen LogP contribution in [0.1, 0.15) is 59.5 Å². The molecule has 0 bridgehead atoms. The summed E-state index contributed by atoms with van der Waals surface area (Å²) in [4.78, 5) is 17.8. The van der Waals surface area contributed by atoms with Crippen molar-refractivity contribution in [2.24, 2.45) is 0 Å². The average Bonchev–Trinajstić information content (AvgIpc) is 2.89. The van der Waals surface area contributed by atoms with Crippen molar-refractivity contribution in [2.75, 3.05) is 36.8 Å². The van der Waals surface area contributed by atoms with Gasteiger partial charge in [-0.05, 0) is 61.9 Å². The molecule has 3 aliphatic rings. The van der Waals surface area contributed by atoms with Gasteiger partial charge in [-0.2, -0.15) is 0 Å². The molecule has 3 heterocycles. The average molecular weight is 390 g/mol. The first-order chi connectivity index (χ1) is 14.2. The van der Waals surface area contributed by atoms with Crippen LogP contribution in [0.2, 0.25) is 0 Å². The second kappa shape index (κ2) is 7.83. The third-order valence-electron chi connectivity index (χ3n) is 7.13. The molecule has 0 saturated carbocycles. The molecule has 2 atom stereocenters. The number of fused-ring (bicyclic) bond motifs is 3. The Labute approximate surface area is 173 Å². The summed E-state index contributed by atoms with van der Waals surface area (Å²) in [7, 11) is 0. The molecule has 2 aromatic carbocycles. The van der Waals surface area contributed by atoms with E-state index in [0.29, 0.717) is 29.6 Å². The zero-order valence-corrected chi connectivity index (χ0v) is 17.1. The third-order valence-corrected chi connectivity index (χ3v) is 7.13. The maximum atomic E-state index is 12.5. The molecule has 152 valence electrons. The van der Waals surface area contributed by atoms with Crippen LogP contribution in [0.5, 0.6) is 0 Å². The second-order valence-corrected chi connectivity index (χ2v) is 8.88. The van der Waals surface area contributed by atoms with Crippen molar-refractivity contribution in [3.8, 4) is 0 Å². The van der Waals surface area contributed by atoms with Gasteiger partial charge in [-0.15, -0.1) is 0 Å². The van der Waals surface area contributed by atoms with Gasteiger partial charge in [0.1, 0.15) is 0 Å². The maximum absolute atomic E-state index is 12.5. The molecule has 0 radical (unpaired) electrons. The molecule has 1 saturated heterocycles. The molecule has 0 aliphatic carbocycles. The highest BCUT2D eigenvalue weighted by molar-refractivity contribution is 6.00. The Balaban J connectivity index is 1.23. The smallest absolute Gasteiger partial charge is 0.164 e. The number of carbonyl (C=O) groups excluding carboxylic acids is 1. The van der Waals surface area contributed by atoms with Gasteiger partial charge in [-0.25, -0.2) is 0 Å². The first-order valence-electron chi connectivity index (χ1n) is 11.2. The highest BCUT2D eigenvalue weighted by Crippen LogP contribution is 2.47. The highest BCUT2D eigenvalue weighted by Gasteiger charge is 2.42. The SMILES string of the molecule is Nc1ccccc1C(=O)CCCN1CC[C@@H]2[C@H](C1)c1cccc3c1N2CCCC3. The molecule has 1 fully saturated rings. The lowest BCUT2D eigenvalue weighted by Crippen LogP contribution is -2.46. The van der Waals surface area contributed by atoms with Gasteiger partial charge in [0.05, 0.1) is 0 Å². The minimum Gasteiger partial charge on any atom is -0.398 e. The molecule has 0 amide bonds. The van der Waals surface area contributed by atoms with E-state index in [1.54, 1.807) is 16.8 Å². The minimum atomic E-state index is 0.169. The maximum Gasteiger partial charge on any atom is 0.164 e. The summed E-state index contributed by atoms with van der Waals surface area (Å²) in [5, 5.41) is 0. The zero-order chi connectivity index (χ0) is 19.8. The van der Waals surface area contributed by atoms with E-state index in [1.807, 2.05) is 24.3 Å². The van der Waals surface area contributed by atoms with Crippen molar-refractivity contribution >= 4 is 17.2 Å². The lowest BCUT2D eigenvalue weighted by molar-refractivity contribution is 0.0972. The number of Topliss-reactive ketones (excluding diaryl/α,β-unsaturated/α-hetero) is 1. The number of rotatable bonds is 5. The van der Waals surface area contributed by atoms with E-state index in [2.05, 4.69) is 28.0 Å². The van der Waals surface area contributed by atoms with Crippen molar-refractivity contribution in [3.63, 3.8) is 0 Å². The van der Waals surface area contributed by atoms with E-state index in [1.165, 1.54) is 32.2 Å². The molecule has 0 unspecified atom stereocenters. The molecule has 3 aliphatic heterocycles. The van der Waals surface area contributed by atoms with Crippen LogP contribution < -0.4 is 10.6 Å². The summed E-state index contributed by atoms with van der Waals surface area (Å²) < 4.78 is 0. The molecular formula is C25H31N3O. The second-order valence-electron chi connectivity index (χ2n) is 8.88. The van der Waals surface area contributed by atoms with E-state index in [-0.39, 0.29) is 5.78 Å². The van der Waals surface area contributed by atoms with Gasteiger partial charge in [0.2, 0.25) is 0 Å². The van der Waals surface area contributed by atoms with Crippen LogP contribution in [0.4, 0.5) is 11.4 Å². The molecule has 5 rings (SSSR count). The number of para-hydroxylation sites is 2. The number of benzene rings is 2. The minimum absolute atomic E-state index is 0.169. The topological polar surface area (TPSA) is 49.6 Å². The molecule has 29 heavy (non-hydrogen) atoms. The van der Waals surface area contributed by atoms with Gasteiger partial charge in [0.15, 0.2) is 5.78 Å². The molecule has 4 nitrogen and oxygen atoms in total. The van der Waals surface area contributed by atoms with Crippen molar-refractivity contribution in [3.05, 3.63) is 59.2 Å². The number of hydrogen-bond donors (Lipinski definition) is 1. The van der Waals surface area contributed by atoms with Crippen LogP contribution in [0.25, 0.3) is 0 Å². The van der Waals surface area contributed by atoms with Gasteiger partial charge < -0.3 is 15.5 Å². The van der Waals surface area contributed by atoms with Crippen molar-refractivity contribution in [1.29, 1.82) is 0 Å². The van der Waals surface area contributed by atoms with Crippen molar-refractivity contribution < 1.29 is 4.79 Å². The Morgan fingerprint density at radius 1 is 1.07 bits per heavy atom. The lowest BCUT2D eigenvalue weighted by Gasteiger charge is -2.39. The Kier molecular flexibility index (Phi) is 5.04. The number of nitrogens with zero attached hydrogens (tertiary/aromatic N) is 2. The van der Waals surface area contributed by atoms with Gasteiger partial charge in [-0.1, -0.05) is 30.3 Å². The highest BCUT2D eigenvalue weighted by atomic mass is 16.1. The monoisotopic (exact) mass is 389 g/mol. The van der Waals surface area contributed by atoms with Gasteiger partial charge in [0.25, 0.3) is 0 Å². The normalized spacial score (nSPS) is 23.4. The van der Waals surface area contributed by atoms with Crippen LogP contribution in [0.3, 0.4) is 0 Å². The predicted molar refractivity (Wildman–Crippen MR) is 119 cm³/mol. The van der Waals surface area contributed by atoms with Crippen LogP contribution in [-0.4, -0.2) is 42.9 Å². The van der Waals surface area contributed by atoms with E-state index < -0.39 is 0 Å². The number of carbonyl (C=O) groups is 1. The van der Waals surface area contributed by atoms with E-state index in [4.69, 9.17) is 5.73 Å². The summed E-state index contributed by atoms with van der Waals surface area (Å²) in [6.45, 7) is 4.48. The number of piperidine rings is 1. The van der Waals surface area contributed by atoms with Crippen LogP contribution in [0.15, 0.2) is 42.5 Å². The first kappa shape index (κ1) is 18.7. The predicted octanol–water partition coefficient (Wildman–Crippen LogP) is 4.25. The number of aryl methyl sites for hydroxylation is 1. The fraction of sp³-hybridized carbons (Fsp3) is 0.480. The Morgan fingerprint density at radius 2 is 1.97 bits per heavy atom.